The fourth-order valence-electron chi connectivity index (χ4n) is 2.72. The van der Waals surface area contributed by atoms with E-state index in [-0.39, 0.29) is 11.5 Å². The van der Waals surface area contributed by atoms with Gasteiger partial charge in [-0.2, -0.15) is 0 Å². The number of carbonyl (C=O) groups excluding carboxylic acids is 4. The lowest BCUT2D eigenvalue weighted by Crippen LogP contribution is -2.41. The van der Waals surface area contributed by atoms with Crippen LogP contribution >= 0.6 is 11.3 Å². The molecule has 3 rings (SSSR count). The van der Waals surface area contributed by atoms with E-state index in [4.69, 9.17) is 4.74 Å². The second-order valence-corrected chi connectivity index (χ2v) is 7.12. The zero-order chi connectivity index (χ0) is 19.9. The van der Waals surface area contributed by atoms with Gasteiger partial charge in [0.1, 0.15) is 0 Å². The van der Waals surface area contributed by atoms with Crippen LogP contribution in [0.1, 0.15) is 28.1 Å². The average Bonchev–Trinajstić information content (AvgIpc) is 3.36. The van der Waals surface area contributed by atoms with Gasteiger partial charge in [0.15, 0.2) is 6.61 Å². The Bertz CT molecular complexity index is 881. The summed E-state index contributed by atoms with van der Waals surface area (Å²) in [5.41, 5.74) is 0.849. The molecule has 1 aromatic carbocycles. The maximum absolute atomic E-state index is 12.2. The third kappa shape index (κ3) is 5.17. The summed E-state index contributed by atoms with van der Waals surface area (Å²) in [4.78, 5) is 50.0. The molecule has 146 valence electrons. The average molecular weight is 401 g/mol. The Morgan fingerprint density at radius 2 is 2.04 bits per heavy atom. The number of nitrogens with one attached hydrogen (secondary N) is 2. The third-order valence-electron chi connectivity index (χ3n) is 4.06. The number of thiophene rings is 1. The fourth-order valence-corrected chi connectivity index (χ4v) is 3.37. The Hall–Kier alpha value is -3.20. The van der Waals surface area contributed by atoms with Gasteiger partial charge in [-0.15, -0.1) is 11.3 Å². The van der Waals surface area contributed by atoms with E-state index in [1.54, 1.807) is 23.1 Å². The molecule has 0 unspecified atom stereocenters. The van der Waals surface area contributed by atoms with E-state index < -0.39 is 24.5 Å². The predicted octanol–water partition coefficient (Wildman–Crippen LogP) is 2.06. The van der Waals surface area contributed by atoms with Crippen molar-refractivity contribution in [1.82, 2.24) is 10.6 Å². The van der Waals surface area contributed by atoms with Gasteiger partial charge in [-0.3, -0.25) is 14.9 Å². The largest absolute Gasteiger partial charge is 0.452 e. The third-order valence-corrected chi connectivity index (χ3v) is 4.93. The number of esters is 1. The van der Waals surface area contributed by atoms with Crippen LogP contribution in [0.3, 0.4) is 0 Å². The topological polar surface area (TPSA) is 105 Å². The van der Waals surface area contributed by atoms with Crippen LogP contribution < -0.4 is 15.5 Å². The van der Waals surface area contributed by atoms with Crippen LogP contribution in [0.25, 0.3) is 0 Å². The van der Waals surface area contributed by atoms with E-state index in [1.807, 2.05) is 17.5 Å². The maximum Gasteiger partial charge on any atom is 0.338 e. The molecule has 28 heavy (non-hydrogen) atoms. The molecule has 1 aliphatic heterocycles. The maximum atomic E-state index is 12.2. The Kier molecular flexibility index (Phi) is 6.38. The number of hydrogen-bond donors (Lipinski definition) is 2. The SMILES string of the molecule is O=C(COC(=O)c1cccc(N2CCCC2=O)c1)NC(=O)NCc1cccs1. The number of benzene rings is 1. The molecular formula is C19H19N3O5S. The number of ether oxygens (including phenoxy) is 1. The molecule has 0 saturated carbocycles. The number of imide groups is 1. The number of urea groups is 1. The van der Waals surface area contributed by atoms with Gasteiger partial charge in [0.2, 0.25) is 5.91 Å². The highest BCUT2D eigenvalue weighted by Gasteiger charge is 2.22. The summed E-state index contributed by atoms with van der Waals surface area (Å²) in [5.74, 6) is -1.43. The van der Waals surface area contributed by atoms with E-state index in [0.717, 1.165) is 11.3 Å². The number of nitrogens with zero attached hydrogens (tertiary/aromatic N) is 1. The number of amides is 4. The molecule has 1 aromatic heterocycles. The van der Waals surface area contributed by atoms with Crippen LogP contribution in [-0.2, 0) is 20.9 Å². The van der Waals surface area contributed by atoms with Crippen molar-refractivity contribution >= 4 is 40.8 Å². The molecule has 0 radical (unpaired) electrons. The molecule has 2 heterocycles. The second-order valence-electron chi connectivity index (χ2n) is 6.09. The lowest BCUT2D eigenvalue weighted by Gasteiger charge is -2.16. The molecule has 1 aliphatic rings. The van der Waals surface area contributed by atoms with Gasteiger partial charge < -0.3 is 15.0 Å². The van der Waals surface area contributed by atoms with Gasteiger partial charge in [0.05, 0.1) is 12.1 Å². The summed E-state index contributed by atoms with van der Waals surface area (Å²) in [6, 6.07) is 9.54. The van der Waals surface area contributed by atoms with E-state index in [1.165, 1.54) is 17.4 Å². The van der Waals surface area contributed by atoms with Gasteiger partial charge in [-0.25, -0.2) is 9.59 Å². The summed E-state index contributed by atoms with van der Waals surface area (Å²) in [7, 11) is 0. The molecule has 0 aliphatic carbocycles. The van der Waals surface area contributed by atoms with Gasteiger partial charge in [-0.1, -0.05) is 12.1 Å². The van der Waals surface area contributed by atoms with Crippen LogP contribution in [-0.4, -0.2) is 37.0 Å². The van der Waals surface area contributed by atoms with Crippen molar-refractivity contribution in [3.63, 3.8) is 0 Å². The number of rotatable bonds is 6. The minimum Gasteiger partial charge on any atom is -0.452 e. The zero-order valence-electron chi connectivity index (χ0n) is 15.0. The molecule has 2 aromatic rings. The smallest absolute Gasteiger partial charge is 0.338 e. The number of hydrogen-bond acceptors (Lipinski definition) is 6. The van der Waals surface area contributed by atoms with E-state index in [2.05, 4.69) is 10.6 Å². The number of anilines is 1. The van der Waals surface area contributed by atoms with Crippen molar-refractivity contribution in [1.29, 1.82) is 0 Å². The first-order valence-electron chi connectivity index (χ1n) is 8.70. The molecular weight excluding hydrogens is 382 g/mol. The molecule has 0 spiro atoms. The van der Waals surface area contributed by atoms with Gasteiger partial charge >= 0.3 is 12.0 Å². The summed E-state index contributed by atoms with van der Waals surface area (Å²) in [6.45, 7) is 0.330. The van der Waals surface area contributed by atoms with Crippen molar-refractivity contribution < 1.29 is 23.9 Å². The molecule has 1 fully saturated rings. The van der Waals surface area contributed by atoms with Crippen LogP contribution in [0.15, 0.2) is 41.8 Å². The monoisotopic (exact) mass is 401 g/mol. The van der Waals surface area contributed by atoms with Gasteiger partial charge in [0.25, 0.3) is 5.91 Å². The second kappa shape index (κ2) is 9.14. The first-order valence-corrected chi connectivity index (χ1v) is 9.58. The van der Waals surface area contributed by atoms with E-state index in [0.29, 0.717) is 25.2 Å². The molecule has 9 heteroatoms. The standard InChI is InChI=1S/C19H19N3O5S/c23-16(21-19(26)20-11-15-6-3-9-28-15)12-27-18(25)13-4-1-5-14(10-13)22-8-2-7-17(22)24/h1,3-6,9-10H,2,7-8,11-12H2,(H2,20,21,23,26). The lowest BCUT2D eigenvalue weighted by molar-refractivity contribution is -0.123. The minimum atomic E-state index is -0.733. The molecule has 0 atom stereocenters. The van der Waals surface area contributed by atoms with Crippen molar-refractivity contribution in [3.8, 4) is 0 Å². The molecule has 4 amide bonds. The molecule has 1 saturated heterocycles. The summed E-state index contributed by atoms with van der Waals surface area (Å²) in [5, 5.41) is 6.52. The predicted molar refractivity (Wildman–Crippen MR) is 103 cm³/mol. The fraction of sp³-hybridized carbons (Fsp3) is 0.263. The Morgan fingerprint density at radius 3 is 2.75 bits per heavy atom. The summed E-state index contributed by atoms with van der Waals surface area (Å²) in [6.07, 6.45) is 1.27. The zero-order valence-corrected chi connectivity index (χ0v) is 15.8. The minimum absolute atomic E-state index is 0.0125. The van der Waals surface area contributed by atoms with Crippen LogP contribution in [0.5, 0.6) is 0 Å². The van der Waals surface area contributed by atoms with Crippen molar-refractivity contribution in [2.24, 2.45) is 0 Å². The molecule has 8 nitrogen and oxygen atoms in total. The molecule has 0 bridgehead atoms. The van der Waals surface area contributed by atoms with Crippen molar-refractivity contribution in [2.45, 2.75) is 19.4 Å². The highest BCUT2D eigenvalue weighted by atomic mass is 32.1. The van der Waals surface area contributed by atoms with E-state index in [9.17, 15) is 19.2 Å². The van der Waals surface area contributed by atoms with Gasteiger partial charge in [-0.05, 0) is 36.1 Å². The van der Waals surface area contributed by atoms with Crippen molar-refractivity contribution in [3.05, 3.63) is 52.2 Å². The van der Waals surface area contributed by atoms with Crippen molar-refractivity contribution in [2.75, 3.05) is 18.1 Å². The number of carbonyl (C=O) groups is 4. The highest BCUT2D eigenvalue weighted by molar-refractivity contribution is 7.09. The summed E-state index contributed by atoms with van der Waals surface area (Å²) < 4.78 is 4.95. The lowest BCUT2D eigenvalue weighted by atomic mass is 10.2. The Morgan fingerprint density at radius 1 is 1.18 bits per heavy atom. The first kappa shape index (κ1) is 19.6. The Balaban J connectivity index is 1.46. The summed E-state index contributed by atoms with van der Waals surface area (Å²) >= 11 is 1.48. The Labute approximate surface area is 165 Å². The normalized spacial score (nSPS) is 13.3. The van der Waals surface area contributed by atoms with Crippen LogP contribution in [0, 0.1) is 0 Å². The van der Waals surface area contributed by atoms with Crippen LogP contribution in [0.4, 0.5) is 10.5 Å². The van der Waals surface area contributed by atoms with E-state index >= 15 is 0 Å². The highest BCUT2D eigenvalue weighted by Crippen LogP contribution is 2.22. The van der Waals surface area contributed by atoms with Gasteiger partial charge in [0, 0.05) is 23.5 Å². The molecule has 2 N–H and O–H groups in total. The quantitative estimate of drug-likeness (QED) is 0.721. The van der Waals surface area contributed by atoms with Crippen LogP contribution in [0.2, 0.25) is 0 Å². The first-order chi connectivity index (χ1) is 13.5.